The zero-order valence-electron chi connectivity index (χ0n) is 17.6. The molecule has 0 saturated carbocycles. The van der Waals surface area contributed by atoms with Crippen LogP contribution in [0.5, 0.6) is 5.75 Å². The number of rotatable bonds is 10. The van der Waals surface area contributed by atoms with Crippen LogP contribution in [0.4, 0.5) is 0 Å². The average molecular weight is 504 g/mol. The van der Waals surface area contributed by atoms with Gasteiger partial charge in [0.25, 0.3) is 0 Å². The lowest BCUT2D eigenvalue weighted by atomic mass is 10.1. The van der Waals surface area contributed by atoms with Crippen LogP contribution in [-0.4, -0.2) is 70.5 Å². The molecule has 0 atom stereocenters. The molecular formula is C21H37IN4O2. The Kier molecular flexibility index (Phi) is 13.3. The molecule has 1 heterocycles. The van der Waals surface area contributed by atoms with Crippen molar-refractivity contribution in [1.29, 1.82) is 0 Å². The molecular weight excluding hydrogens is 467 g/mol. The van der Waals surface area contributed by atoms with E-state index in [9.17, 15) is 0 Å². The van der Waals surface area contributed by atoms with Crippen molar-refractivity contribution >= 4 is 29.9 Å². The second kappa shape index (κ2) is 14.9. The molecule has 0 aliphatic carbocycles. The Morgan fingerprint density at radius 2 is 2.04 bits per heavy atom. The van der Waals surface area contributed by atoms with Crippen molar-refractivity contribution in [3.05, 3.63) is 29.8 Å². The van der Waals surface area contributed by atoms with Crippen LogP contribution in [0.25, 0.3) is 0 Å². The molecule has 1 fully saturated rings. The standard InChI is InChI=1S/C21H36N4O2.HI/c1-4-15-27-20-7-5-6-18(17-20)8-11-23-21(22-2)24-19-9-12-25(13-10-19)14-16-26-3;/h5-7,17,19H,4,8-16H2,1-3H3,(H2,22,23,24);1H. The monoisotopic (exact) mass is 504 g/mol. The summed E-state index contributed by atoms with van der Waals surface area (Å²) in [5.74, 6) is 1.85. The molecule has 0 radical (unpaired) electrons. The van der Waals surface area contributed by atoms with Crippen LogP contribution in [0.1, 0.15) is 31.7 Å². The zero-order valence-corrected chi connectivity index (χ0v) is 19.9. The molecule has 0 unspecified atom stereocenters. The van der Waals surface area contributed by atoms with Crippen LogP contribution in [0, 0.1) is 0 Å². The fourth-order valence-electron chi connectivity index (χ4n) is 3.25. The van der Waals surface area contributed by atoms with Crippen LogP contribution in [0.15, 0.2) is 29.3 Å². The molecule has 160 valence electrons. The van der Waals surface area contributed by atoms with Crippen molar-refractivity contribution in [3.63, 3.8) is 0 Å². The first-order valence-corrected chi connectivity index (χ1v) is 10.1. The number of halogens is 1. The number of hydrogen-bond donors (Lipinski definition) is 2. The van der Waals surface area contributed by atoms with Gasteiger partial charge >= 0.3 is 0 Å². The van der Waals surface area contributed by atoms with Gasteiger partial charge in [-0.25, -0.2) is 0 Å². The third-order valence-electron chi connectivity index (χ3n) is 4.84. The zero-order chi connectivity index (χ0) is 19.3. The lowest BCUT2D eigenvalue weighted by Gasteiger charge is -2.32. The van der Waals surface area contributed by atoms with Gasteiger partial charge in [-0.15, -0.1) is 24.0 Å². The van der Waals surface area contributed by atoms with Gasteiger partial charge in [-0.2, -0.15) is 0 Å². The topological polar surface area (TPSA) is 58.1 Å². The number of piperidine rings is 1. The largest absolute Gasteiger partial charge is 0.494 e. The van der Waals surface area contributed by atoms with Gasteiger partial charge < -0.3 is 25.0 Å². The maximum atomic E-state index is 5.71. The van der Waals surface area contributed by atoms with Gasteiger partial charge in [0.05, 0.1) is 13.2 Å². The minimum Gasteiger partial charge on any atom is -0.494 e. The van der Waals surface area contributed by atoms with Gasteiger partial charge in [0.15, 0.2) is 5.96 Å². The normalized spacial score (nSPS) is 15.8. The minimum absolute atomic E-state index is 0. The van der Waals surface area contributed by atoms with Crippen LogP contribution < -0.4 is 15.4 Å². The van der Waals surface area contributed by atoms with E-state index in [0.717, 1.165) is 76.8 Å². The van der Waals surface area contributed by atoms with E-state index in [4.69, 9.17) is 9.47 Å². The Labute approximate surface area is 187 Å². The summed E-state index contributed by atoms with van der Waals surface area (Å²) >= 11 is 0. The maximum absolute atomic E-state index is 5.71. The van der Waals surface area contributed by atoms with E-state index in [1.54, 1.807) is 7.11 Å². The summed E-state index contributed by atoms with van der Waals surface area (Å²) in [5.41, 5.74) is 1.28. The van der Waals surface area contributed by atoms with E-state index >= 15 is 0 Å². The molecule has 1 aliphatic rings. The van der Waals surface area contributed by atoms with Crippen molar-refractivity contribution in [2.75, 3.05) is 53.6 Å². The predicted molar refractivity (Wildman–Crippen MR) is 127 cm³/mol. The lowest BCUT2D eigenvalue weighted by Crippen LogP contribution is -2.49. The number of aliphatic imine (C=N–C) groups is 1. The van der Waals surface area contributed by atoms with Gasteiger partial charge in [0.2, 0.25) is 0 Å². The molecule has 28 heavy (non-hydrogen) atoms. The Hall–Kier alpha value is -1.06. The minimum atomic E-state index is 0. The summed E-state index contributed by atoms with van der Waals surface area (Å²) in [7, 11) is 3.60. The van der Waals surface area contributed by atoms with Crippen molar-refractivity contribution in [3.8, 4) is 5.75 Å². The third-order valence-corrected chi connectivity index (χ3v) is 4.84. The van der Waals surface area contributed by atoms with E-state index < -0.39 is 0 Å². The Morgan fingerprint density at radius 1 is 1.25 bits per heavy atom. The van der Waals surface area contributed by atoms with Crippen LogP contribution >= 0.6 is 24.0 Å². The fourth-order valence-corrected chi connectivity index (χ4v) is 3.25. The van der Waals surface area contributed by atoms with Crippen molar-refractivity contribution < 1.29 is 9.47 Å². The molecule has 7 heteroatoms. The van der Waals surface area contributed by atoms with Crippen LogP contribution in [-0.2, 0) is 11.2 Å². The van der Waals surface area contributed by atoms with Crippen molar-refractivity contribution in [2.45, 2.75) is 38.6 Å². The first kappa shape index (κ1) is 25.0. The van der Waals surface area contributed by atoms with Gasteiger partial charge in [0.1, 0.15) is 5.75 Å². The first-order valence-electron chi connectivity index (χ1n) is 10.1. The fraction of sp³-hybridized carbons (Fsp3) is 0.667. The molecule has 1 aromatic rings. The highest BCUT2D eigenvalue weighted by Gasteiger charge is 2.19. The van der Waals surface area contributed by atoms with Crippen molar-refractivity contribution in [2.24, 2.45) is 4.99 Å². The Morgan fingerprint density at radius 3 is 2.71 bits per heavy atom. The molecule has 0 amide bonds. The van der Waals surface area contributed by atoms with E-state index in [0.29, 0.717) is 6.04 Å². The summed E-state index contributed by atoms with van der Waals surface area (Å²) in [6.07, 6.45) is 4.25. The molecule has 0 aromatic heterocycles. The molecule has 0 spiro atoms. The number of hydrogen-bond acceptors (Lipinski definition) is 4. The average Bonchev–Trinajstić information content (AvgIpc) is 2.71. The van der Waals surface area contributed by atoms with Crippen molar-refractivity contribution in [1.82, 2.24) is 15.5 Å². The molecule has 2 rings (SSSR count). The number of methoxy groups -OCH3 is 1. The summed E-state index contributed by atoms with van der Waals surface area (Å²) in [5, 5.41) is 7.00. The van der Waals surface area contributed by atoms with E-state index in [-0.39, 0.29) is 24.0 Å². The number of ether oxygens (including phenoxy) is 2. The molecule has 2 N–H and O–H groups in total. The smallest absolute Gasteiger partial charge is 0.191 e. The summed E-state index contributed by atoms with van der Waals surface area (Å²) in [4.78, 5) is 6.84. The molecule has 1 aromatic carbocycles. The van der Waals surface area contributed by atoms with Crippen LogP contribution in [0.2, 0.25) is 0 Å². The van der Waals surface area contributed by atoms with E-state index in [1.807, 2.05) is 13.1 Å². The van der Waals surface area contributed by atoms with Gasteiger partial charge in [-0.1, -0.05) is 19.1 Å². The van der Waals surface area contributed by atoms with Gasteiger partial charge in [-0.3, -0.25) is 4.99 Å². The highest BCUT2D eigenvalue weighted by Crippen LogP contribution is 2.14. The van der Waals surface area contributed by atoms with Gasteiger partial charge in [-0.05, 0) is 43.4 Å². The lowest BCUT2D eigenvalue weighted by molar-refractivity contribution is 0.128. The SMILES string of the molecule is CCCOc1cccc(CCNC(=NC)NC2CCN(CCOC)CC2)c1.I. The second-order valence-electron chi connectivity index (χ2n) is 7.00. The Bertz CT molecular complexity index is 563. The number of benzene rings is 1. The highest BCUT2D eigenvalue weighted by atomic mass is 127. The second-order valence-corrected chi connectivity index (χ2v) is 7.00. The predicted octanol–water partition coefficient (Wildman–Crippen LogP) is 2.91. The van der Waals surface area contributed by atoms with E-state index in [1.165, 1.54) is 5.56 Å². The maximum Gasteiger partial charge on any atom is 0.191 e. The third kappa shape index (κ3) is 9.43. The quantitative estimate of drug-likeness (QED) is 0.292. The molecule has 6 nitrogen and oxygen atoms in total. The van der Waals surface area contributed by atoms with Gasteiger partial charge in [0, 0.05) is 46.4 Å². The molecule has 1 saturated heterocycles. The summed E-state index contributed by atoms with van der Waals surface area (Å²) in [6.45, 7) is 7.80. The molecule has 1 aliphatic heterocycles. The number of guanidine groups is 1. The molecule has 0 bridgehead atoms. The number of nitrogens with one attached hydrogen (secondary N) is 2. The number of nitrogens with zero attached hydrogens (tertiary/aromatic N) is 2. The summed E-state index contributed by atoms with van der Waals surface area (Å²) < 4.78 is 10.9. The highest BCUT2D eigenvalue weighted by molar-refractivity contribution is 14.0. The number of likely N-dealkylation sites (tertiary alicyclic amines) is 1. The van der Waals surface area contributed by atoms with E-state index in [2.05, 4.69) is 45.6 Å². The summed E-state index contributed by atoms with van der Waals surface area (Å²) in [6, 6.07) is 8.84. The first-order chi connectivity index (χ1) is 13.2. The Balaban J connectivity index is 0.00000392. The van der Waals surface area contributed by atoms with Crippen LogP contribution in [0.3, 0.4) is 0 Å².